The second-order valence-electron chi connectivity index (χ2n) is 6.41. The van der Waals surface area contributed by atoms with Crippen molar-refractivity contribution in [2.75, 3.05) is 6.61 Å². The number of esters is 1. The maximum absolute atomic E-state index is 13.0. The van der Waals surface area contributed by atoms with E-state index in [4.69, 9.17) is 21.4 Å². The number of nitrogens with zero attached hydrogens (tertiary/aromatic N) is 2. The third-order valence-electron chi connectivity index (χ3n) is 4.53. The first kappa shape index (κ1) is 19.0. The van der Waals surface area contributed by atoms with Gasteiger partial charge in [-0.15, -0.1) is 0 Å². The molecule has 4 aromatic rings. The summed E-state index contributed by atoms with van der Waals surface area (Å²) in [6.07, 6.45) is 0. The van der Waals surface area contributed by atoms with Crippen molar-refractivity contribution in [1.29, 1.82) is 0 Å². The van der Waals surface area contributed by atoms with Crippen molar-refractivity contribution in [2.24, 2.45) is 0 Å². The minimum atomic E-state index is -0.404. The Bertz CT molecular complexity index is 1120. The summed E-state index contributed by atoms with van der Waals surface area (Å²) in [5.74, 6) is -0.404. The molecule has 3 aromatic carbocycles. The van der Waals surface area contributed by atoms with E-state index < -0.39 is 5.97 Å². The molecular formula is C24H19ClN2O2. The molecular weight excluding hydrogens is 384 g/mol. The van der Waals surface area contributed by atoms with Crippen LogP contribution < -0.4 is 0 Å². The van der Waals surface area contributed by atoms with Crippen LogP contribution in [0, 0.1) is 0 Å². The molecule has 0 aliphatic rings. The highest BCUT2D eigenvalue weighted by Gasteiger charge is 2.27. The number of aromatic nitrogens is 2. The Kier molecular flexibility index (Phi) is 5.45. The van der Waals surface area contributed by atoms with Crippen LogP contribution in [0.3, 0.4) is 0 Å². The average molecular weight is 403 g/mol. The van der Waals surface area contributed by atoms with E-state index in [2.05, 4.69) is 0 Å². The van der Waals surface area contributed by atoms with Crippen LogP contribution in [-0.2, 0) is 4.74 Å². The van der Waals surface area contributed by atoms with Crippen LogP contribution in [0.25, 0.3) is 28.2 Å². The summed E-state index contributed by atoms with van der Waals surface area (Å²) < 4.78 is 7.20. The minimum absolute atomic E-state index is 0.281. The molecule has 0 N–H and O–H groups in total. The summed E-state index contributed by atoms with van der Waals surface area (Å²) in [6, 6.07) is 26.8. The smallest absolute Gasteiger partial charge is 0.342 e. The molecule has 0 radical (unpaired) electrons. The van der Waals surface area contributed by atoms with Crippen molar-refractivity contribution in [1.82, 2.24) is 9.78 Å². The number of carbonyl (C=O) groups excluding carboxylic acids is 1. The van der Waals surface area contributed by atoms with Gasteiger partial charge < -0.3 is 4.74 Å². The molecule has 4 rings (SSSR count). The molecule has 4 nitrogen and oxygen atoms in total. The fourth-order valence-corrected chi connectivity index (χ4v) is 3.37. The number of para-hydroxylation sites is 1. The van der Waals surface area contributed by atoms with Gasteiger partial charge in [-0.1, -0.05) is 72.3 Å². The van der Waals surface area contributed by atoms with Crippen molar-refractivity contribution in [3.8, 4) is 28.2 Å². The molecule has 0 unspecified atom stereocenters. The molecule has 144 valence electrons. The first-order chi connectivity index (χ1) is 14.2. The van der Waals surface area contributed by atoms with Gasteiger partial charge in [0.05, 0.1) is 18.0 Å². The molecule has 0 saturated carbocycles. The van der Waals surface area contributed by atoms with Crippen LogP contribution in [0.5, 0.6) is 0 Å². The van der Waals surface area contributed by atoms with Gasteiger partial charge in [-0.3, -0.25) is 0 Å². The zero-order valence-corrected chi connectivity index (χ0v) is 16.6. The summed E-state index contributed by atoms with van der Waals surface area (Å²) in [5.41, 5.74) is 4.22. The lowest BCUT2D eigenvalue weighted by Gasteiger charge is -2.10. The van der Waals surface area contributed by atoms with E-state index in [1.807, 2.05) is 72.8 Å². The lowest BCUT2D eigenvalue weighted by molar-refractivity contribution is 0.0528. The number of ether oxygens (including phenoxy) is 1. The Morgan fingerprint density at radius 2 is 1.52 bits per heavy atom. The highest BCUT2D eigenvalue weighted by atomic mass is 35.5. The normalized spacial score (nSPS) is 10.7. The molecule has 0 aliphatic carbocycles. The van der Waals surface area contributed by atoms with E-state index in [-0.39, 0.29) is 6.61 Å². The Hall–Kier alpha value is -3.37. The van der Waals surface area contributed by atoms with Crippen LogP contribution in [-0.4, -0.2) is 22.4 Å². The average Bonchev–Trinajstić information content (AvgIpc) is 3.16. The largest absolute Gasteiger partial charge is 0.462 e. The molecule has 0 saturated heterocycles. The van der Waals surface area contributed by atoms with Crippen molar-refractivity contribution >= 4 is 17.6 Å². The summed E-state index contributed by atoms with van der Waals surface area (Å²) in [5, 5.41) is 5.46. The first-order valence-electron chi connectivity index (χ1n) is 9.36. The molecule has 0 atom stereocenters. The van der Waals surface area contributed by atoms with Crippen LogP contribution in [0.2, 0.25) is 5.02 Å². The summed E-state index contributed by atoms with van der Waals surface area (Å²) in [6.45, 7) is 2.08. The van der Waals surface area contributed by atoms with Gasteiger partial charge >= 0.3 is 5.97 Å². The van der Waals surface area contributed by atoms with Crippen molar-refractivity contribution in [3.63, 3.8) is 0 Å². The number of rotatable bonds is 5. The van der Waals surface area contributed by atoms with Gasteiger partial charge in [0, 0.05) is 16.1 Å². The first-order valence-corrected chi connectivity index (χ1v) is 9.73. The van der Waals surface area contributed by atoms with Crippen molar-refractivity contribution in [3.05, 3.63) is 95.5 Å². The van der Waals surface area contributed by atoms with E-state index in [1.165, 1.54) is 0 Å². The number of hydrogen-bond acceptors (Lipinski definition) is 3. The number of halogens is 1. The molecule has 0 bridgehead atoms. The lowest BCUT2D eigenvalue weighted by Crippen LogP contribution is -2.08. The molecule has 1 heterocycles. The van der Waals surface area contributed by atoms with E-state index in [0.29, 0.717) is 22.0 Å². The third-order valence-corrected chi connectivity index (χ3v) is 4.78. The van der Waals surface area contributed by atoms with Crippen molar-refractivity contribution in [2.45, 2.75) is 6.92 Å². The van der Waals surface area contributed by atoms with E-state index in [1.54, 1.807) is 23.7 Å². The monoisotopic (exact) mass is 402 g/mol. The standard InChI is InChI=1S/C24H19ClN2O2/c1-2-29-24(28)21-22(17-13-15-19(25)16-14-17)26-27(20-11-7-4-8-12-20)23(21)18-9-5-3-6-10-18/h3-16H,2H2,1H3. The zero-order chi connectivity index (χ0) is 20.2. The molecule has 0 aliphatic heterocycles. The zero-order valence-electron chi connectivity index (χ0n) is 15.9. The Labute approximate surface area is 174 Å². The van der Waals surface area contributed by atoms with Gasteiger partial charge in [-0.05, 0) is 31.2 Å². The van der Waals surface area contributed by atoms with Gasteiger partial charge in [0.25, 0.3) is 0 Å². The van der Waals surface area contributed by atoms with Crippen LogP contribution in [0.1, 0.15) is 17.3 Å². The van der Waals surface area contributed by atoms with Gasteiger partial charge in [0.1, 0.15) is 11.3 Å². The SMILES string of the molecule is CCOC(=O)c1c(-c2ccc(Cl)cc2)nn(-c2ccccc2)c1-c1ccccc1. The number of carbonyl (C=O) groups is 1. The molecule has 0 spiro atoms. The molecule has 0 amide bonds. The number of benzene rings is 3. The fraction of sp³-hybridized carbons (Fsp3) is 0.0833. The molecule has 0 fully saturated rings. The third kappa shape index (κ3) is 3.80. The molecule has 1 aromatic heterocycles. The van der Waals surface area contributed by atoms with E-state index in [9.17, 15) is 4.79 Å². The van der Waals surface area contributed by atoms with E-state index in [0.717, 1.165) is 16.8 Å². The fourth-order valence-electron chi connectivity index (χ4n) is 3.24. The Balaban J connectivity index is 2.04. The van der Waals surface area contributed by atoms with Crippen LogP contribution in [0.15, 0.2) is 84.9 Å². The Morgan fingerprint density at radius 1 is 0.897 bits per heavy atom. The van der Waals surface area contributed by atoms with Crippen LogP contribution in [0.4, 0.5) is 0 Å². The van der Waals surface area contributed by atoms with Gasteiger partial charge in [-0.25, -0.2) is 9.48 Å². The predicted octanol–water partition coefficient (Wildman–Crippen LogP) is 6.04. The maximum atomic E-state index is 13.0. The van der Waals surface area contributed by atoms with Crippen LogP contribution >= 0.6 is 11.6 Å². The maximum Gasteiger partial charge on any atom is 0.342 e. The summed E-state index contributed by atoms with van der Waals surface area (Å²) >= 11 is 6.06. The lowest BCUT2D eigenvalue weighted by atomic mass is 10.0. The summed E-state index contributed by atoms with van der Waals surface area (Å²) in [4.78, 5) is 13.0. The van der Waals surface area contributed by atoms with Crippen molar-refractivity contribution < 1.29 is 9.53 Å². The van der Waals surface area contributed by atoms with Gasteiger partial charge in [0.2, 0.25) is 0 Å². The highest BCUT2D eigenvalue weighted by Crippen LogP contribution is 2.35. The minimum Gasteiger partial charge on any atom is -0.462 e. The Morgan fingerprint density at radius 3 is 2.14 bits per heavy atom. The molecule has 29 heavy (non-hydrogen) atoms. The van der Waals surface area contributed by atoms with E-state index >= 15 is 0 Å². The second-order valence-corrected chi connectivity index (χ2v) is 6.85. The highest BCUT2D eigenvalue weighted by molar-refractivity contribution is 6.30. The predicted molar refractivity (Wildman–Crippen MR) is 115 cm³/mol. The second kappa shape index (κ2) is 8.33. The quantitative estimate of drug-likeness (QED) is 0.382. The molecule has 5 heteroatoms. The number of hydrogen-bond donors (Lipinski definition) is 0. The topological polar surface area (TPSA) is 44.1 Å². The summed E-state index contributed by atoms with van der Waals surface area (Å²) in [7, 11) is 0. The van der Waals surface area contributed by atoms with Gasteiger partial charge in [-0.2, -0.15) is 5.10 Å². The van der Waals surface area contributed by atoms with Gasteiger partial charge in [0.15, 0.2) is 0 Å².